The predicted molar refractivity (Wildman–Crippen MR) is 70.0 cm³/mol. The Morgan fingerprint density at radius 2 is 1.79 bits per heavy atom. The fourth-order valence-corrected chi connectivity index (χ4v) is 3.14. The maximum Gasteiger partial charge on any atom is 0.330 e. The van der Waals surface area contributed by atoms with Crippen LogP contribution in [0.3, 0.4) is 0 Å². The van der Waals surface area contributed by atoms with Crippen LogP contribution in [0, 0.1) is 0 Å². The van der Waals surface area contributed by atoms with Gasteiger partial charge in [-0.15, -0.1) is 0 Å². The van der Waals surface area contributed by atoms with Gasteiger partial charge >= 0.3 is 13.6 Å². The lowest BCUT2D eigenvalue weighted by Crippen LogP contribution is -2.38. The van der Waals surface area contributed by atoms with Crippen LogP contribution in [0.5, 0.6) is 0 Å². The summed E-state index contributed by atoms with van der Waals surface area (Å²) in [5.74, 6) is -0.561. The highest BCUT2D eigenvalue weighted by atomic mass is 31.2. The second-order valence-electron chi connectivity index (χ2n) is 3.55. The fourth-order valence-electron chi connectivity index (χ4n) is 1.44. The Morgan fingerprint density at radius 1 is 1.21 bits per heavy atom. The van der Waals surface area contributed by atoms with Crippen LogP contribution in [-0.4, -0.2) is 44.4 Å². The summed E-state index contributed by atoms with van der Waals surface area (Å²) in [7, 11) is -3.22. The number of esters is 1. The van der Waals surface area contributed by atoms with E-state index in [0.717, 1.165) is 0 Å². The maximum absolute atomic E-state index is 12.2. The predicted octanol–water partition coefficient (Wildman–Crippen LogP) is 1.32. The quantitative estimate of drug-likeness (QED) is 0.351. The topological polar surface area (TPSA) is 90.9 Å². The Balaban J connectivity index is 4.53. The third-order valence-corrected chi connectivity index (χ3v) is 4.29. The van der Waals surface area contributed by atoms with Crippen molar-refractivity contribution in [3.63, 3.8) is 0 Å². The molecule has 0 saturated carbocycles. The van der Waals surface area contributed by atoms with E-state index in [0.29, 0.717) is 6.41 Å². The minimum Gasteiger partial charge on any atom is -0.464 e. The molecular formula is C11H22NO6P. The molecule has 0 saturated heterocycles. The lowest BCUT2D eigenvalue weighted by molar-refractivity contribution is -0.146. The van der Waals surface area contributed by atoms with Crippen molar-refractivity contribution < 1.29 is 27.9 Å². The smallest absolute Gasteiger partial charge is 0.330 e. The molecule has 112 valence electrons. The molecule has 1 amide bonds. The largest absolute Gasteiger partial charge is 0.464 e. The molecule has 0 aromatic rings. The number of hydrogen-bond acceptors (Lipinski definition) is 6. The molecule has 0 aliphatic rings. The highest BCUT2D eigenvalue weighted by Gasteiger charge is 2.28. The highest BCUT2D eigenvalue weighted by Crippen LogP contribution is 2.48. The summed E-state index contributed by atoms with van der Waals surface area (Å²) in [6.07, 6.45) is 0.585. The van der Waals surface area contributed by atoms with Gasteiger partial charge in [0.15, 0.2) is 0 Å². The van der Waals surface area contributed by atoms with Crippen LogP contribution in [0.1, 0.15) is 27.2 Å². The van der Waals surface area contributed by atoms with Crippen molar-refractivity contribution >= 4 is 20.0 Å². The average Bonchev–Trinajstić information content (AvgIpc) is 2.35. The van der Waals surface area contributed by atoms with Gasteiger partial charge in [-0.2, -0.15) is 0 Å². The summed E-state index contributed by atoms with van der Waals surface area (Å²) in [5.41, 5.74) is 0. The van der Waals surface area contributed by atoms with E-state index >= 15 is 0 Å². The number of carbonyl (C=O) groups excluding carboxylic acids is 2. The van der Waals surface area contributed by atoms with Crippen LogP contribution in [0.15, 0.2) is 0 Å². The molecule has 8 heteroatoms. The van der Waals surface area contributed by atoms with Crippen LogP contribution < -0.4 is 5.32 Å². The highest BCUT2D eigenvalue weighted by molar-refractivity contribution is 7.53. The Hall–Kier alpha value is -0.910. The normalized spacial score (nSPS) is 12.8. The SMILES string of the molecule is CCOC(=O)[C@H](CCP(=O)(OCC)OCC)NC=O. The van der Waals surface area contributed by atoms with Gasteiger partial charge in [-0.05, 0) is 27.2 Å². The van der Waals surface area contributed by atoms with Gasteiger partial charge < -0.3 is 19.1 Å². The first-order valence-electron chi connectivity index (χ1n) is 6.27. The van der Waals surface area contributed by atoms with Gasteiger partial charge in [0.25, 0.3) is 0 Å². The van der Waals surface area contributed by atoms with Crippen LogP contribution in [-0.2, 0) is 27.9 Å². The summed E-state index contributed by atoms with van der Waals surface area (Å²) in [5, 5.41) is 2.34. The number of hydrogen-bond donors (Lipinski definition) is 1. The molecule has 0 aromatic heterocycles. The number of rotatable bonds is 11. The first-order chi connectivity index (χ1) is 9.02. The van der Waals surface area contributed by atoms with Crippen molar-refractivity contribution in [1.29, 1.82) is 0 Å². The van der Waals surface area contributed by atoms with Crippen LogP contribution >= 0.6 is 7.60 Å². The number of ether oxygens (including phenoxy) is 1. The summed E-state index contributed by atoms with van der Waals surface area (Å²) < 4.78 is 27.2. The summed E-state index contributed by atoms with van der Waals surface area (Å²) >= 11 is 0. The van der Waals surface area contributed by atoms with Crippen molar-refractivity contribution in [2.24, 2.45) is 0 Å². The Kier molecular flexibility index (Phi) is 9.47. The molecule has 0 aliphatic heterocycles. The van der Waals surface area contributed by atoms with E-state index in [1.54, 1.807) is 20.8 Å². The van der Waals surface area contributed by atoms with Gasteiger partial charge in [-0.25, -0.2) is 4.79 Å². The van der Waals surface area contributed by atoms with Crippen molar-refractivity contribution in [2.45, 2.75) is 33.2 Å². The first kappa shape index (κ1) is 18.1. The van der Waals surface area contributed by atoms with Gasteiger partial charge in [0.1, 0.15) is 6.04 Å². The lowest BCUT2D eigenvalue weighted by atomic mass is 10.2. The molecular weight excluding hydrogens is 273 g/mol. The minimum atomic E-state index is -3.22. The second kappa shape index (κ2) is 9.95. The van der Waals surface area contributed by atoms with Gasteiger partial charge in [0, 0.05) is 0 Å². The first-order valence-corrected chi connectivity index (χ1v) is 8.00. The third-order valence-electron chi connectivity index (χ3n) is 2.18. The van der Waals surface area contributed by atoms with E-state index in [4.69, 9.17) is 13.8 Å². The lowest BCUT2D eigenvalue weighted by Gasteiger charge is -2.19. The Labute approximate surface area is 113 Å². The molecule has 0 heterocycles. The standard InChI is InChI=1S/C11H22NO6P/c1-4-16-11(14)10(12-9-13)7-8-19(15,17-5-2)18-6-3/h9-10H,4-8H2,1-3H3,(H,12,13)/t10-/m0/s1. The Morgan fingerprint density at radius 3 is 2.21 bits per heavy atom. The summed E-state index contributed by atoms with van der Waals surface area (Å²) in [6.45, 7) is 5.80. The van der Waals surface area contributed by atoms with Crippen molar-refractivity contribution in [3.8, 4) is 0 Å². The third kappa shape index (κ3) is 7.30. The minimum absolute atomic E-state index is 0.0407. The molecule has 0 aromatic carbocycles. The van der Waals surface area contributed by atoms with Gasteiger partial charge in [0.05, 0.1) is 26.0 Å². The summed E-state index contributed by atoms with van der Waals surface area (Å²) in [4.78, 5) is 22.0. The van der Waals surface area contributed by atoms with Crippen molar-refractivity contribution in [3.05, 3.63) is 0 Å². The van der Waals surface area contributed by atoms with E-state index in [9.17, 15) is 14.2 Å². The van der Waals surface area contributed by atoms with Crippen LogP contribution in [0.25, 0.3) is 0 Å². The van der Waals surface area contributed by atoms with Crippen LogP contribution in [0.2, 0.25) is 0 Å². The van der Waals surface area contributed by atoms with E-state index in [1.165, 1.54) is 0 Å². The molecule has 0 rings (SSSR count). The average molecular weight is 295 g/mol. The van der Waals surface area contributed by atoms with Crippen molar-refractivity contribution in [2.75, 3.05) is 26.0 Å². The van der Waals surface area contributed by atoms with Gasteiger partial charge in [-0.1, -0.05) is 0 Å². The molecule has 0 unspecified atom stereocenters. The van der Waals surface area contributed by atoms with Crippen LogP contribution in [0.4, 0.5) is 0 Å². The second-order valence-corrected chi connectivity index (χ2v) is 5.73. The zero-order valence-electron chi connectivity index (χ0n) is 11.6. The maximum atomic E-state index is 12.2. The molecule has 0 aliphatic carbocycles. The number of amides is 1. The monoisotopic (exact) mass is 295 g/mol. The Bertz CT molecular complexity index is 312. The molecule has 0 fully saturated rings. The zero-order chi connectivity index (χ0) is 14.7. The summed E-state index contributed by atoms with van der Waals surface area (Å²) in [6, 6.07) is -0.841. The van der Waals surface area contributed by atoms with Gasteiger partial charge in [-0.3, -0.25) is 9.36 Å². The number of nitrogens with one attached hydrogen (secondary N) is 1. The molecule has 0 bridgehead atoms. The zero-order valence-corrected chi connectivity index (χ0v) is 12.5. The molecule has 7 nitrogen and oxygen atoms in total. The molecule has 19 heavy (non-hydrogen) atoms. The van der Waals surface area contributed by atoms with E-state index in [-0.39, 0.29) is 32.4 Å². The molecule has 1 N–H and O–H groups in total. The molecule has 1 atom stereocenters. The molecule has 0 radical (unpaired) electrons. The van der Waals surface area contributed by atoms with Gasteiger partial charge in [0.2, 0.25) is 6.41 Å². The fraction of sp³-hybridized carbons (Fsp3) is 0.818. The number of carbonyl (C=O) groups is 2. The van der Waals surface area contributed by atoms with E-state index in [2.05, 4.69) is 5.32 Å². The van der Waals surface area contributed by atoms with Crippen molar-refractivity contribution in [1.82, 2.24) is 5.32 Å². The molecule has 0 spiro atoms. The van der Waals surface area contributed by atoms with E-state index < -0.39 is 19.6 Å². The van der Waals surface area contributed by atoms with E-state index in [1.807, 2.05) is 0 Å².